The summed E-state index contributed by atoms with van der Waals surface area (Å²) in [5.74, 6) is -3.00. The first-order valence-corrected chi connectivity index (χ1v) is 8.24. The van der Waals surface area contributed by atoms with E-state index in [4.69, 9.17) is 5.73 Å². The quantitative estimate of drug-likeness (QED) is 0.302. The van der Waals surface area contributed by atoms with Crippen molar-refractivity contribution in [3.05, 3.63) is 29.8 Å². The lowest BCUT2D eigenvalue weighted by atomic mass is 10.1. The number of carbonyl (C=O) groups excluding carboxylic acids is 3. The van der Waals surface area contributed by atoms with Crippen LogP contribution in [0.4, 0.5) is 0 Å². The molecule has 0 aliphatic rings. The van der Waals surface area contributed by atoms with Gasteiger partial charge in [-0.25, -0.2) is 4.79 Å². The average molecular weight is 380 g/mol. The maximum Gasteiger partial charge on any atom is 0.326 e. The zero-order valence-electron chi connectivity index (χ0n) is 15.1. The number of rotatable bonds is 9. The molecule has 0 saturated heterocycles. The van der Waals surface area contributed by atoms with Crippen molar-refractivity contribution in [3.63, 3.8) is 0 Å². The lowest BCUT2D eigenvalue weighted by Crippen LogP contribution is -2.52. The lowest BCUT2D eigenvalue weighted by Gasteiger charge is -2.17. The number of hydrogen-bond acceptors (Lipinski definition) is 6. The van der Waals surface area contributed by atoms with Crippen molar-refractivity contribution in [1.29, 1.82) is 0 Å². The van der Waals surface area contributed by atoms with E-state index in [1.165, 1.54) is 26.0 Å². The van der Waals surface area contributed by atoms with Crippen LogP contribution in [-0.2, 0) is 25.6 Å². The average Bonchev–Trinajstić information content (AvgIpc) is 2.60. The molecule has 1 aromatic carbocycles. The third-order valence-electron chi connectivity index (χ3n) is 3.60. The molecular formula is C17H24N4O6. The number of benzene rings is 1. The Kier molecular flexibility index (Phi) is 8.21. The fourth-order valence-electron chi connectivity index (χ4n) is 2.04. The fraction of sp³-hybridized carbons (Fsp3) is 0.412. The second-order valence-electron chi connectivity index (χ2n) is 6.07. The molecule has 0 radical (unpaired) electrons. The normalized spacial score (nSPS) is 13.7. The highest BCUT2D eigenvalue weighted by atomic mass is 16.4. The van der Waals surface area contributed by atoms with Crippen LogP contribution in [0.15, 0.2) is 24.3 Å². The fourth-order valence-corrected chi connectivity index (χ4v) is 2.04. The van der Waals surface area contributed by atoms with Gasteiger partial charge in [-0.15, -0.1) is 0 Å². The van der Waals surface area contributed by atoms with Crippen LogP contribution in [0.25, 0.3) is 0 Å². The third-order valence-corrected chi connectivity index (χ3v) is 3.60. The van der Waals surface area contributed by atoms with Crippen molar-refractivity contribution in [1.82, 2.24) is 16.0 Å². The summed E-state index contributed by atoms with van der Waals surface area (Å²) in [4.78, 5) is 46.5. The van der Waals surface area contributed by atoms with E-state index in [-0.39, 0.29) is 12.2 Å². The SMILES string of the molecule is CC(N)C(=O)NC(C)C(=O)NCC(=O)NC(Cc1ccc(O)cc1)C(=O)O. The molecule has 0 heterocycles. The molecule has 10 heteroatoms. The van der Waals surface area contributed by atoms with Gasteiger partial charge in [0.15, 0.2) is 0 Å². The van der Waals surface area contributed by atoms with Gasteiger partial charge in [0.2, 0.25) is 17.7 Å². The molecule has 0 aliphatic heterocycles. The summed E-state index contributed by atoms with van der Waals surface area (Å²) in [6.07, 6.45) is 0.0101. The monoisotopic (exact) mass is 380 g/mol. The summed E-state index contributed by atoms with van der Waals surface area (Å²) in [6, 6.07) is 3.03. The summed E-state index contributed by atoms with van der Waals surface area (Å²) in [5, 5.41) is 25.5. The second-order valence-corrected chi connectivity index (χ2v) is 6.07. The summed E-state index contributed by atoms with van der Waals surface area (Å²) in [5.41, 5.74) is 5.99. The molecule has 3 amide bonds. The first-order chi connectivity index (χ1) is 12.6. The number of hydrogen-bond donors (Lipinski definition) is 6. The van der Waals surface area contributed by atoms with E-state index >= 15 is 0 Å². The maximum atomic E-state index is 11.9. The van der Waals surface area contributed by atoms with E-state index in [1.807, 2.05) is 0 Å². The van der Waals surface area contributed by atoms with Crippen molar-refractivity contribution in [2.75, 3.05) is 6.54 Å². The Balaban J connectivity index is 2.52. The second kappa shape index (κ2) is 10.1. The Morgan fingerprint density at radius 1 is 1.04 bits per heavy atom. The van der Waals surface area contributed by atoms with Crippen molar-refractivity contribution < 1.29 is 29.4 Å². The van der Waals surface area contributed by atoms with Crippen LogP contribution >= 0.6 is 0 Å². The first kappa shape index (κ1) is 21.9. The molecule has 0 aromatic heterocycles. The molecule has 148 valence electrons. The minimum atomic E-state index is -1.24. The van der Waals surface area contributed by atoms with Gasteiger partial charge in [-0.2, -0.15) is 0 Å². The van der Waals surface area contributed by atoms with Crippen molar-refractivity contribution in [2.24, 2.45) is 5.73 Å². The zero-order valence-corrected chi connectivity index (χ0v) is 15.1. The summed E-state index contributed by atoms with van der Waals surface area (Å²) in [6.45, 7) is 2.45. The van der Waals surface area contributed by atoms with Gasteiger partial charge in [0.1, 0.15) is 17.8 Å². The predicted octanol–water partition coefficient (Wildman–Crippen LogP) is -1.53. The van der Waals surface area contributed by atoms with Gasteiger partial charge in [-0.05, 0) is 31.5 Å². The number of nitrogens with one attached hydrogen (secondary N) is 3. The van der Waals surface area contributed by atoms with E-state index in [0.717, 1.165) is 0 Å². The molecule has 0 aliphatic carbocycles. The van der Waals surface area contributed by atoms with Gasteiger partial charge in [-0.3, -0.25) is 14.4 Å². The van der Waals surface area contributed by atoms with Gasteiger partial charge < -0.3 is 31.9 Å². The number of phenols is 1. The Morgan fingerprint density at radius 2 is 1.63 bits per heavy atom. The molecule has 0 bridgehead atoms. The molecule has 7 N–H and O–H groups in total. The van der Waals surface area contributed by atoms with Crippen LogP contribution in [0, 0.1) is 0 Å². The van der Waals surface area contributed by atoms with Gasteiger partial charge in [-0.1, -0.05) is 12.1 Å². The minimum Gasteiger partial charge on any atom is -0.508 e. The molecule has 3 unspecified atom stereocenters. The van der Waals surface area contributed by atoms with Gasteiger partial charge >= 0.3 is 5.97 Å². The molecule has 0 saturated carbocycles. The van der Waals surface area contributed by atoms with Crippen molar-refractivity contribution >= 4 is 23.7 Å². The summed E-state index contributed by atoms with van der Waals surface area (Å²) in [7, 11) is 0. The van der Waals surface area contributed by atoms with Crippen molar-refractivity contribution in [2.45, 2.75) is 38.4 Å². The van der Waals surface area contributed by atoms with Crippen LogP contribution in [-0.4, -0.2) is 58.6 Å². The smallest absolute Gasteiger partial charge is 0.326 e. The zero-order chi connectivity index (χ0) is 20.6. The molecule has 1 aromatic rings. The number of carboxylic acid groups (broad SMARTS) is 1. The summed E-state index contributed by atoms with van der Waals surface area (Å²) < 4.78 is 0. The van der Waals surface area contributed by atoms with Crippen LogP contribution in [0.1, 0.15) is 19.4 Å². The number of amides is 3. The molecule has 27 heavy (non-hydrogen) atoms. The topological polar surface area (TPSA) is 171 Å². The highest BCUT2D eigenvalue weighted by molar-refractivity contribution is 5.92. The van der Waals surface area contributed by atoms with Crippen LogP contribution < -0.4 is 21.7 Å². The lowest BCUT2D eigenvalue weighted by molar-refractivity contribution is -0.141. The Labute approximate surface area is 156 Å². The molecule has 10 nitrogen and oxygen atoms in total. The Morgan fingerprint density at radius 3 is 2.15 bits per heavy atom. The molecule has 0 spiro atoms. The molecule has 1 rings (SSSR count). The third kappa shape index (κ3) is 7.74. The molecular weight excluding hydrogens is 356 g/mol. The highest BCUT2D eigenvalue weighted by Crippen LogP contribution is 2.11. The van der Waals surface area contributed by atoms with Gasteiger partial charge in [0.05, 0.1) is 12.6 Å². The largest absolute Gasteiger partial charge is 0.508 e. The molecule has 0 fully saturated rings. The predicted molar refractivity (Wildman–Crippen MR) is 95.6 cm³/mol. The number of aromatic hydroxyl groups is 1. The van der Waals surface area contributed by atoms with Gasteiger partial charge in [0.25, 0.3) is 0 Å². The van der Waals surface area contributed by atoms with Crippen LogP contribution in [0.2, 0.25) is 0 Å². The van der Waals surface area contributed by atoms with Gasteiger partial charge in [0, 0.05) is 6.42 Å². The van der Waals surface area contributed by atoms with E-state index < -0.39 is 48.4 Å². The van der Waals surface area contributed by atoms with E-state index in [2.05, 4.69) is 16.0 Å². The highest BCUT2D eigenvalue weighted by Gasteiger charge is 2.22. The van der Waals surface area contributed by atoms with E-state index in [0.29, 0.717) is 5.56 Å². The van der Waals surface area contributed by atoms with Crippen LogP contribution in [0.3, 0.4) is 0 Å². The van der Waals surface area contributed by atoms with Crippen molar-refractivity contribution in [3.8, 4) is 5.75 Å². The number of carboxylic acids is 1. The first-order valence-electron chi connectivity index (χ1n) is 8.24. The maximum absolute atomic E-state index is 11.9. The van der Waals surface area contributed by atoms with Crippen LogP contribution in [0.5, 0.6) is 5.75 Å². The number of carbonyl (C=O) groups is 4. The van der Waals surface area contributed by atoms with E-state index in [1.54, 1.807) is 12.1 Å². The Hall–Kier alpha value is -3.14. The van der Waals surface area contributed by atoms with E-state index in [9.17, 15) is 29.4 Å². The molecule has 3 atom stereocenters. The number of nitrogens with two attached hydrogens (primary N) is 1. The number of aliphatic carboxylic acids is 1. The summed E-state index contributed by atoms with van der Waals surface area (Å²) >= 11 is 0. The minimum absolute atomic E-state index is 0.0101. The standard InChI is InChI=1S/C17H24N4O6/c1-9(18)15(24)20-10(2)16(25)19-8-14(23)21-13(17(26)27)7-11-3-5-12(22)6-4-11/h3-6,9-10,13,22H,7-8,18H2,1-2H3,(H,19,25)(H,20,24)(H,21,23)(H,26,27). The Bertz CT molecular complexity index is 689. The number of phenolic OH excluding ortho intramolecular Hbond substituents is 1.